The molecule has 0 spiro atoms. The van der Waals surface area contributed by atoms with E-state index in [0.29, 0.717) is 18.0 Å². The monoisotopic (exact) mass is 468 g/mol. The lowest BCUT2D eigenvalue weighted by atomic mass is 10.2. The second-order valence-electron chi connectivity index (χ2n) is 8.43. The maximum absolute atomic E-state index is 12.5. The molecule has 0 saturated carbocycles. The van der Waals surface area contributed by atoms with Gasteiger partial charge in [-0.1, -0.05) is 12.1 Å². The number of hydrogen-bond acceptors (Lipinski definition) is 5. The first-order valence-electron chi connectivity index (χ1n) is 11.9. The molecule has 2 aromatic carbocycles. The van der Waals surface area contributed by atoms with Gasteiger partial charge in [0.15, 0.2) is 0 Å². The number of para-hydroxylation sites is 2. The van der Waals surface area contributed by atoms with Crippen LogP contribution in [0.4, 0.5) is 10.1 Å². The van der Waals surface area contributed by atoms with Crippen molar-refractivity contribution in [3.63, 3.8) is 0 Å². The molecule has 1 aliphatic rings. The number of benzene rings is 2. The highest BCUT2D eigenvalue weighted by atomic mass is 19.1. The SMILES string of the molecule is COc1ccccc1N1CCN(CCCCNC(=O)c2cc3cc(OCCF)ccc3[nH]2)CC1. The zero-order chi connectivity index (χ0) is 23.8. The Kier molecular flexibility index (Phi) is 8.25. The Bertz CT molecular complexity index is 1080. The van der Waals surface area contributed by atoms with E-state index >= 15 is 0 Å². The average Bonchev–Trinajstić information content (AvgIpc) is 3.31. The number of anilines is 1. The summed E-state index contributed by atoms with van der Waals surface area (Å²) in [6.07, 6.45) is 1.97. The van der Waals surface area contributed by atoms with Crippen LogP contribution in [0.15, 0.2) is 48.5 Å². The highest BCUT2D eigenvalue weighted by Crippen LogP contribution is 2.28. The van der Waals surface area contributed by atoms with Crippen molar-refractivity contribution in [2.24, 2.45) is 0 Å². The summed E-state index contributed by atoms with van der Waals surface area (Å²) in [6, 6.07) is 15.4. The van der Waals surface area contributed by atoms with Gasteiger partial charge >= 0.3 is 0 Å². The van der Waals surface area contributed by atoms with Crippen LogP contribution < -0.4 is 19.7 Å². The number of unbranched alkanes of at least 4 members (excludes halogenated alkanes) is 1. The number of alkyl halides is 1. The van der Waals surface area contributed by atoms with Gasteiger partial charge in [0.25, 0.3) is 5.91 Å². The van der Waals surface area contributed by atoms with E-state index in [1.165, 1.54) is 0 Å². The van der Waals surface area contributed by atoms with Crippen molar-refractivity contribution in [1.82, 2.24) is 15.2 Å². The molecular weight excluding hydrogens is 435 g/mol. The summed E-state index contributed by atoms with van der Waals surface area (Å²) >= 11 is 0. The third-order valence-corrected chi connectivity index (χ3v) is 6.17. The molecule has 2 N–H and O–H groups in total. The summed E-state index contributed by atoms with van der Waals surface area (Å²) in [6.45, 7) is 5.19. The Balaban J connectivity index is 1.16. The first-order valence-corrected chi connectivity index (χ1v) is 11.9. The molecule has 0 bridgehead atoms. The van der Waals surface area contributed by atoms with Crippen LogP contribution in [0.25, 0.3) is 10.9 Å². The average molecular weight is 469 g/mol. The number of nitrogens with zero attached hydrogens (tertiary/aromatic N) is 2. The molecule has 0 atom stereocenters. The first kappa shape index (κ1) is 23.9. The zero-order valence-corrected chi connectivity index (χ0v) is 19.7. The van der Waals surface area contributed by atoms with E-state index in [9.17, 15) is 9.18 Å². The number of nitrogens with one attached hydrogen (secondary N) is 2. The number of halogens is 1. The largest absolute Gasteiger partial charge is 0.495 e. The lowest BCUT2D eigenvalue weighted by Gasteiger charge is -2.36. The van der Waals surface area contributed by atoms with Crippen molar-refractivity contribution in [2.75, 3.05) is 64.6 Å². The van der Waals surface area contributed by atoms with Crippen LogP contribution in [0.2, 0.25) is 0 Å². The predicted molar refractivity (Wildman–Crippen MR) is 133 cm³/mol. The summed E-state index contributed by atoms with van der Waals surface area (Å²) in [7, 11) is 1.72. The van der Waals surface area contributed by atoms with Crippen molar-refractivity contribution in [3.8, 4) is 11.5 Å². The van der Waals surface area contributed by atoms with Gasteiger partial charge in [0, 0.05) is 43.6 Å². The van der Waals surface area contributed by atoms with Gasteiger partial charge in [0.05, 0.1) is 12.8 Å². The van der Waals surface area contributed by atoms with E-state index in [4.69, 9.17) is 9.47 Å². The van der Waals surface area contributed by atoms with Crippen molar-refractivity contribution in [3.05, 3.63) is 54.2 Å². The third-order valence-electron chi connectivity index (χ3n) is 6.17. The fraction of sp³-hybridized carbons (Fsp3) is 0.423. The number of aromatic amines is 1. The van der Waals surface area contributed by atoms with Gasteiger partial charge in [0.1, 0.15) is 30.5 Å². The van der Waals surface area contributed by atoms with Gasteiger partial charge in [-0.05, 0) is 55.8 Å². The van der Waals surface area contributed by atoms with Gasteiger partial charge in [-0.3, -0.25) is 9.69 Å². The van der Waals surface area contributed by atoms with Crippen LogP contribution >= 0.6 is 0 Å². The number of amides is 1. The molecule has 1 aromatic heterocycles. The number of aromatic nitrogens is 1. The third kappa shape index (κ3) is 5.99. The number of carbonyl (C=O) groups excluding carboxylic acids is 1. The number of fused-ring (bicyclic) bond motifs is 1. The topological polar surface area (TPSA) is 69.8 Å². The summed E-state index contributed by atoms with van der Waals surface area (Å²) in [5.41, 5.74) is 2.53. The molecular formula is C26H33FN4O3. The minimum atomic E-state index is -0.530. The number of piperazine rings is 1. The van der Waals surface area contributed by atoms with Gasteiger partial charge < -0.3 is 24.7 Å². The molecule has 7 nitrogen and oxygen atoms in total. The second-order valence-corrected chi connectivity index (χ2v) is 8.43. The van der Waals surface area contributed by atoms with Crippen molar-refractivity contribution >= 4 is 22.5 Å². The molecule has 1 saturated heterocycles. The van der Waals surface area contributed by atoms with Crippen LogP contribution in [-0.4, -0.2) is 75.5 Å². The fourth-order valence-corrected chi connectivity index (χ4v) is 4.34. The Morgan fingerprint density at radius 2 is 1.91 bits per heavy atom. The van der Waals surface area contributed by atoms with Crippen LogP contribution in [-0.2, 0) is 0 Å². The van der Waals surface area contributed by atoms with E-state index in [1.807, 2.05) is 24.3 Å². The van der Waals surface area contributed by atoms with Gasteiger partial charge in [0.2, 0.25) is 0 Å². The predicted octanol–water partition coefficient (Wildman–Crippen LogP) is 3.86. The van der Waals surface area contributed by atoms with E-state index in [2.05, 4.69) is 32.2 Å². The molecule has 4 rings (SSSR count). The van der Waals surface area contributed by atoms with E-state index in [1.54, 1.807) is 19.2 Å². The quantitative estimate of drug-likeness (QED) is 0.418. The van der Waals surface area contributed by atoms with Crippen molar-refractivity contribution in [2.45, 2.75) is 12.8 Å². The van der Waals surface area contributed by atoms with Crippen LogP contribution in [0.5, 0.6) is 11.5 Å². The summed E-state index contributed by atoms with van der Waals surface area (Å²) in [5, 5.41) is 3.87. The molecule has 182 valence electrons. The molecule has 0 radical (unpaired) electrons. The maximum atomic E-state index is 12.5. The Morgan fingerprint density at radius 3 is 2.71 bits per heavy atom. The standard InChI is InChI=1S/C26H33FN4O3/c1-33-25-7-3-2-6-24(25)31-15-13-30(14-16-31)12-5-4-11-28-26(32)23-19-20-18-21(34-17-10-27)8-9-22(20)29-23/h2-3,6-9,18-19,29H,4-5,10-17H2,1H3,(H,28,32). The normalized spacial score (nSPS) is 14.4. The smallest absolute Gasteiger partial charge is 0.267 e. The fourth-order valence-electron chi connectivity index (χ4n) is 4.34. The van der Waals surface area contributed by atoms with E-state index < -0.39 is 6.67 Å². The number of hydrogen-bond donors (Lipinski definition) is 2. The Hall–Kier alpha value is -3.26. The summed E-state index contributed by atoms with van der Waals surface area (Å²) in [5.74, 6) is 1.40. The Morgan fingerprint density at radius 1 is 1.09 bits per heavy atom. The zero-order valence-electron chi connectivity index (χ0n) is 19.7. The molecule has 1 amide bonds. The molecule has 2 heterocycles. The summed E-state index contributed by atoms with van der Waals surface area (Å²) < 4.78 is 23.1. The Labute approximate surface area is 199 Å². The number of carbonyl (C=O) groups is 1. The van der Waals surface area contributed by atoms with E-state index in [-0.39, 0.29) is 12.5 Å². The maximum Gasteiger partial charge on any atom is 0.267 e. The highest BCUT2D eigenvalue weighted by Gasteiger charge is 2.19. The molecule has 8 heteroatoms. The van der Waals surface area contributed by atoms with Crippen molar-refractivity contribution in [1.29, 1.82) is 0 Å². The van der Waals surface area contributed by atoms with Crippen LogP contribution in [0.3, 0.4) is 0 Å². The molecule has 0 unspecified atom stereocenters. The number of rotatable bonds is 11. The van der Waals surface area contributed by atoms with Gasteiger partial charge in [-0.15, -0.1) is 0 Å². The van der Waals surface area contributed by atoms with Crippen LogP contribution in [0, 0.1) is 0 Å². The molecule has 1 fully saturated rings. The lowest BCUT2D eigenvalue weighted by molar-refractivity contribution is 0.0948. The minimum Gasteiger partial charge on any atom is -0.495 e. The van der Waals surface area contributed by atoms with Gasteiger partial charge in [-0.2, -0.15) is 0 Å². The minimum absolute atomic E-state index is 0.0285. The highest BCUT2D eigenvalue weighted by molar-refractivity contribution is 5.98. The van der Waals surface area contributed by atoms with Gasteiger partial charge in [-0.25, -0.2) is 4.39 Å². The molecule has 0 aliphatic carbocycles. The van der Waals surface area contributed by atoms with E-state index in [0.717, 1.165) is 67.9 Å². The molecule has 1 aliphatic heterocycles. The second kappa shape index (κ2) is 11.7. The lowest BCUT2D eigenvalue weighted by Crippen LogP contribution is -2.46. The first-order chi connectivity index (χ1) is 16.7. The van der Waals surface area contributed by atoms with Crippen molar-refractivity contribution < 1.29 is 18.7 Å². The summed E-state index contributed by atoms with van der Waals surface area (Å²) in [4.78, 5) is 20.5. The molecule has 3 aromatic rings. The number of H-pyrrole nitrogens is 1. The van der Waals surface area contributed by atoms with Crippen LogP contribution in [0.1, 0.15) is 23.3 Å². The number of ether oxygens (including phenoxy) is 2. The molecule has 34 heavy (non-hydrogen) atoms. The number of methoxy groups -OCH3 is 1.